The zero-order valence-electron chi connectivity index (χ0n) is 9.11. The SMILES string of the molecule is CC12C[C@H]1B(O)Oc1c2ccc(F)c1C(=O)O. The molecule has 0 saturated heterocycles. The first kappa shape index (κ1) is 10.6. The van der Waals surface area contributed by atoms with Crippen LogP contribution in [0.15, 0.2) is 12.1 Å². The second-order valence-electron chi connectivity index (χ2n) is 4.84. The number of aromatic carboxylic acids is 1. The van der Waals surface area contributed by atoms with Gasteiger partial charge in [-0.2, -0.15) is 0 Å². The van der Waals surface area contributed by atoms with Crippen LogP contribution in [-0.4, -0.2) is 23.2 Å². The second-order valence-corrected chi connectivity index (χ2v) is 4.84. The van der Waals surface area contributed by atoms with Gasteiger partial charge in [-0.05, 0) is 23.5 Å². The number of rotatable bonds is 1. The van der Waals surface area contributed by atoms with Crippen LogP contribution in [-0.2, 0) is 5.41 Å². The predicted octanol–water partition coefficient (Wildman–Crippen LogP) is 1.43. The van der Waals surface area contributed by atoms with Crippen molar-refractivity contribution in [3.63, 3.8) is 0 Å². The fraction of sp³-hybridized carbons (Fsp3) is 0.364. The van der Waals surface area contributed by atoms with Crippen LogP contribution in [0, 0.1) is 5.82 Å². The van der Waals surface area contributed by atoms with Crippen LogP contribution in [0.2, 0.25) is 5.82 Å². The number of halogens is 1. The van der Waals surface area contributed by atoms with Gasteiger partial charge in [0.25, 0.3) is 0 Å². The lowest BCUT2D eigenvalue weighted by Crippen LogP contribution is -2.32. The predicted molar refractivity (Wildman–Crippen MR) is 57.7 cm³/mol. The van der Waals surface area contributed by atoms with Crippen LogP contribution >= 0.6 is 0 Å². The number of fused-ring (bicyclic) bond motifs is 3. The fourth-order valence-electron chi connectivity index (χ4n) is 2.66. The Morgan fingerprint density at radius 3 is 3.00 bits per heavy atom. The molecule has 0 aromatic heterocycles. The van der Waals surface area contributed by atoms with E-state index in [1.54, 1.807) is 6.07 Å². The van der Waals surface area contributed by atoms with E-state index in [2.05, 4.69) is 0 Å². The van der Waals surface area contributed by atoms with Gasteiger partial charge in [0.15, 0.2) is 0 Å². The number of hydrogen-bond donors (Lipinski definition) is 2. The fourth-order valence-corrected chi connectivity index (χ4v) is 2.66. The lowest BCUT2D eigenvalue weighted by atomic mass is 9.72. The molecule has 1 fully saturated rings. The minimum absolute atomic E-state index is 0.0258. The van der Waals surface area contributed by atoms with Gasteiger partial charge in [-0.1, -0.05) is 13.0 Å². The van der Waals surface area contributed by atoms with Crippen molar-refractivity contribution in [3.05, 3.63) is 29.1 Å². The molecule has 6 heteroatoms. The molecule has 88 valence electrons. The molecule has 1 saturated carbocycles. The van der Waals surface area contributed by atoms with Crippen LogP contribution in [0.5, 0.6) is 5.75 Å². The highest BCUT2D eigenvalue weighted by Gasteiger charge is 2.63. The third-order valence-corrected chi connectivity index (χ3v) is 3.82. The number of benzene rings is 1. The van der Waals surface area contributed by atoms with Crippen molar-refractivity contribution in [1.29, 1.82) is 0 Å². The maximum absolute atomic E-state index is 13.5. The highest BCUT2D eigenvalue weighted by atomic mass is 19.1. The largest absolute Gasteiger partial charge is 0.535 e. The number of carbonyl (C=O) groups is 1. The van der Waals surface area contributed by atoms with E-state index >= 15 is 0 Å². The molecule has 0 bridgehead atoms. The van der Waals surface area contributed by atoms with E-state index in [4.69, 9.17) is 9.76 Å². The molecule has 1 aliphatic carbocycles. The van der Waals surface area contributed by atoms with E-state index in [0.29, 0.717) is 5.56 Å². The van der Waals surface area contributed by atoms with Gasteiger partial charge in [0.1, 0.15) is 17.1 Å². The molecule has 1 heterocycles. The topological polar surface area (TPSA) is 66.8 Å². The molecule has 3 rings (SSSR count). The van der Waals surface area contributed by atoms with Crippen molar-refractivity contribution in [2.75, 3.05) is 0 Å². The molecule has 0 spiro atoms. The molecule has 1 unspecified atom stereocenters. The smallest absolute Gasteiger partial charge is 0.526 e. The van der Waals surface area contributed by atoms with E-state index in [1.807, 2.05) is 6.92 Å². The molecular formula is C11H10BFO4. The van der Waals surface area contributed by atoms with Gasteiger partial charge >= 0.3 is 13.1 Å². The van der Waals surface area contributed by atoms with Crippen LogP contribution in [0.25, 0.3) is 0 Å². The summed E-state index contributed by atoms with van der Waals surface area (Å²) in [5, 5.41) is 18.7. The van der Waals surface area contributed by atoms with Crippen LogP contribution in [0.3, 0.4) is 0 Å². The highest BCUT2D eigenvalue weighted by molar-refractivity contribution is 6.48. The van der Waals surface area contributed by atoms with Gasteiger partial charge in [0, 0.05) is 5.82 Å². The van der Waals surface area contributed by atoms with Gasteiger partial charge in [0.05, 0.1) is 0 Å². The Hall–Kier alpha value is -1.56. The average molecular weight is 236 g/mol. The van der Waals surface area contributed by atoms with Crippen molar-refractivity contribution in [1.82, 2.24) is 0 Å². The standard InChI is InChI=1S/C11H10BFO4/c1-11-4-7(11)12(16)17-9-5(11)2-3-6(13)8(9)10(14)15/h2-3,7,16H,4H2,1H3,(H,14,15)/t7-,11?/m1/s1. The first-order valence-electron chi connectivity index (χ1n) is 5.36. The third-order valence-electron chi connectivity index (χ3n) is 3.82. The van der Waals surface area contributed by atoms with Gasteiger partial charge in [0.2, 0.25) is 0 Å². The van der Waals surface area contributed by atoms with Gasteiger partial charge in [-0.15, -0.1) is 0 Å². The first-order chi connectivity index (χ1) is 7.95. The Bertz CT molecular complexity index is 532. The zero-order valence-corrected chi connectivity index (χ0v) is 9.11. The first-order valence-corrected chi connectivity index (χ1v) is 5.36. The Morgan fingerprint density at radius 2 is 2.35 bits per heavy atom. The summed E-state index contributed by atoms with van der Waals surface area (Å²) >= 11 is 0. The Balaban J connectivity index is 2.24. The molecule has 4 nitrogen and oxygen atoms in total. The highest BCUT2D eigenvalue weighted by Crippen LogP contribution is 2.65. The van der Waals surface area contributed by atoms with Crippen molar-refractivity contribution >= 4 is 13.1 Å². The van der Waals surface area contributed by atoms with Crippen LogP contribution in [0.4, 0.5) is 4.39 Å². The Kier molecular flexibility index (Phi) is 1.88. The minimum Gasteiger partial charge on any atom is -0.535 e. The van der Waals surface area contributed by atoms with Crippen molar-refractivity contribution in [2.45, 2.75) is 24.6 Å². The van der Waals surface area contributed by atoms with E-state index in [0.717, 1.165) is 12.5 Å². The summed E-state index contributed by atoms with van der Waals surface area (Å²) in [4.78, 5) is 11.0. The number of carboxylic acids is 1. The average Bonchev–Trinajstić information content (AvgIpc) is 2.91. The van der Waals surface area contributed by atoms with Crippen molar-refractivity contribution in [2.24, 2.45) is 0 Å². The number of hydrogen-bond acceptors (Lipinski definition) is 3. The van der Waals surface area contributed by atoms with E-state index < -0.39 is 24.5 Å². The molecule has 1 aromatic rings. The molecule has 2 aliphatic rings. The molecule has 0 radical (unpaired) electrons. The second kappa shape index (κ2) is 3.01. The minimum atomic E-state index is -1.38. The summed E-state index contributed by atoms with van der Waals surface area (Å²) in [5.74, 6) is -2.27. The Morgan fingerprint density at radius 1 is 1.65 bits per heavy atom. The summed E-state index contributed by atoms with van der Waals surface area (Å²) in [7, 11) is -1.05. The molecule has 17 heavy (non-hydrogen) atoms. The third kappa shape index (κ3) is 1.24. The molecule has 2 atom stereocenters. The summed E-state index contributed by atoms with van der Waals surface area (Å²) in [6, 6.07) is 2.69. The van der Waals surface area contributed by atoms with E-state index in [1.165, 1.54) is 0 Å². The lowest BCUT2D eigenvalue weighted by Gasteiger charge is -2.26. The van der Waals surface area contributed by atoms with E-state index in [-0.39, 0.29) is 17.0 Å². The Labute approximate surface area is 97.2 Å². The van der Waals surface area contributed by atoms with Crippen molar-refractivity contribution < 1.29 is 24.0 Å². The van der Waals surface area contributed by atoms with Crippen molar-refractivity contribution in [3.8, 4) is 5.75 Å². The van der Waals surface area contributed by atoms with Crippen LogP contribution < -0.4 is 4.65 Å². The van der Waals surface area contributed by atoms with Gasteiger partial charge in [-0.25, -0.2) is 9.18 Å². The van der Waals surface area contributed by atoms with Crippen LogP contribution in [0.1, 0.15) is 29.3 Å². The van der Waals surface area contributed by atoms with E-state index in [9.17, 15) is 14.2 Å². The maximum atomic E-state index is 13.5. The quantitative estimate of drug-likeness (QED) is 0.723. The molecule has 1 aliphatic heterocycles. The molecule has 0 amide bonds. The van der Waals surface area contributed by atoms with Gasteiger partial charge in [-0.3, -0.25) is 0 Å². The summed E-state index contributed by atoms with van der Waals surface area (Å²) in [5.41, 5.74) is -0.107. The summed E-state index contributed by atoms with van der Waals surface area (Å²) < 4.78 is 18.6. The summed E-state index contributed by atoms with van der Waals surface area (Å²) in [6.45, 7) is 1.92. The summed E-state index contributed by atoms with van der Waals surface area (Å²) in [6.07, 6.45) is 0.728. The zero-order chi connectivity index (χ0) is 12.4. The molecule has 2 N–H and O–H groups in total. The normalized spacial score (nSPS) is 29.1. The maximum Gasteiger partial charge on any atom is 0.526 e. The lowest BCUT2D eigenvalue weighted by molar-refractivity contribution is 0.0689. The molecular weight excluding hydrogens is 226 g/mol. The van der Waals surface area contributed by atoms with Gasteiger partial charge < -0.3 is 14.8 Å². The monoisotopic (exact) mass is 236 g/mol. The number of carboxylic acid groups (broad SMARTS) is 1. The molecule has 1 aromatic carbocycles.